The van der Waals surface area contributed by atoms with Crippen molar-refractivity contribution in [3.8, 4) is 22.3 Å². The minimum absolute atomic E-state index is 0.124. The largest absolute Gasteiger partial charge is 0.469 e. The summed E-state index contributed by atoms with van der Waals surface area (Å²) in [4.78, 5) is 14.6. The lowest BCUT2D eigenvalue weighted by Crippen LogP contribution is -2.57. The summed E-state index contributed by atoms with van der Waals surface area (Å²) in [6, 6.07) is 54.3. The molecule has 0 N–H and O–H groups in total. The highest BCUT2D eigenvalue weighted by molar-refractivity contribution is 7.39. The fourth-order valence-corrected chi connectivity index (χ4v) is 11.4. The molecule has 0 aliphatic carbocycles. The van der Waals surface area contributed by atoms with Crippen molar-refractivity contribution in [3.63, 3.8) is 0 Å². The smallest absolute Gasteiger partial charge is 0.309 e. The van der Waals surface area contributed by atoms with Crippen LogP contribution in [0.25, 0.3) is 65.7 Å². The van der Waals surface area contributed by atoms with Crippen LogP contribution in [0.3, 0.4) is 0 Å². The monoisotopic (exact) mass is 782 g/mol. The number of rotatable bonds is 9. The maximum Gasteiger partial charge on any atom is 0.309 e. The average Bonchev–Trinajstić information content (AvgIpc) is 3.46. The van der Waals surface area contributed by atoms with Crippen molar-refractivity contribution in [2.75, 3.05) is 42.9 Å². The van der Waals surface area contributed by atoms with Gasteiger partial charge in [0.1, 0.15) is 0 Å². The zero-order valence-corrected chi connectivity index (χ0v) is 33.7. The summed E-state index contributed by atoms with van der Waals surface area (Å²) in [6.45, 7) is 3.66. The molecule has 0 radical (unpaired) electrons. The molecule has 0 amide bonds. The number of piperidine rings is 2. The maximum absolute atomic E-state index is 12.0. The van der Waals surface area contributed by atoms with Gasteiger partial charge in [0.05, 0.1) is 7.11 Å². The minimum Gasteiger partial charge on any atom is -0.469 e. The van der Waals surface area contributed by atoms with Crippen LogP contribution in [0.4, 0.5) is 5.69 Å². The SMILES string of the molecule is COC(=O)CCCCC1C2CN(c3ccccc3)CC1CN(p1oc3c(-c4ccccc4)cc4ccccc4c3c3c(o1)c(-c1ccccc1)cc1ccccc13)C2. The highest BCUT2D eigenvalue weighted by atomic mass is 31.1. The number of unbranched alkanes of at least 4 members (excludes halogenated alkanes) is 1. The number of ether oxygens (including phenoxy) is 1. The Kier molecular flexibility index (Phi) is 9.98. The summed E-state index contributed by atoms with van der Waals surface area (Å²) in [5, 5.41) is 6.80. The number of carbonyl (C=O) groups is 1. The van der Waals surface area contributed by atoms with Crippen molar-refractivity contribution in [2.45, 2.75) is 25.7 Å². The van der Waals surface area contributed by atoms with E-state index in [0.29, 0.717) is 24.2 Å². The van der Waals surface area contributed by atoms with Gasteiger partial charge >= 0.3 is 14.1 Å². The molecule has 7 heteroatoms. The van der Waals surface area contributed by atoms with Crippen LogP contribution in [0.15, 0.2) is 160 Å². The average molecular weight is 783 g/mol. The van der Waals surface area contributed by atoms with Gasteiger partial charge < -0.3 is 18.0 Å². The number of methoxy groups -OCH3 is 1. The highest BCUT2D eigenvalue weighted by Gasteiger charge is 2.43. The first-order valence-corrected chi connectivity index (χ1v) is 21.8. The molecule has 58 heavy (non-hydrogen) atoms. The van der Waals surface area contributed by atoms with Gasteiger partial charge in [0, 0.05) is 60.2 Å². The Labute approximate surface area is 340 Å². The Bertz CT molecular complexity index is 2630. The zero-order chi connectivity index (χ0) is 39.0. The topological polar surface area (TPSA) is 59.1 Å². The predicted molar refractivity (Wildman–Crippen MR) is 240 cm³/mol. The van der Waals surface area contributed by atoms with Crippen molar-refractivity contribution in [2.24, 2.45) is 17.8 Å². The van der Waals surface area contributed by atoms with Gasteiger partial charge in [0.15, 0.2) is 11.2 Å². The molecule has 0 saturated carbocycles. The summed E-state index contributed by atoms with van der Waals surface area (Å²) in [6.07, 6.45) is 3.45. The van der Waals surface area contributed by atoms with E-state index in [-0.39, 0.29) is 5.97 Å². The second kappa shape index (κ2) is 15.9. The molecule has 3 heterocycles. The Morgan fingerprint density at radius 2 is 1.10 bits per heavy atom. The van der Waals surface area contributed by atoms with Gasteiger partial charge in [-0.2, -0.15) is 0 Å². The third kappa shape index (κ3) is 6.85. The summed E-state index contributed by atoms with van der Waals surface area (Å²) in [7, 11) is -0.120. The number of nitrogens with zero attached hydrogens (tertiary/aromatic N) is 2. The lowest BCUT2D eigenvalue weighted by atomic mass is 9.72. The lowest BCUT2D eigenvalue weighted by molar-refractivity contribution is -0.140. The van der Waals surface area contributed by atoms with Crippen molar-refractivity contribution in [1.29, 1.82) is 0 Å². The first-order valence-electron chi connectivity index (χ1n) is 20.6. The van der Waals surface area contributed by atoms with Gasteiger partial charge in [-0.1, -0.05) is 134 Å². The van der Waals surface area contributed by atoms with E-state index in [2.05, 4.69) is 161 Å². The first-order chi connectivity index (χ1) is 28.6. The number of anilines is 1. The molecule has 2 aliphatic rings. The summed E-state index contributed by atoms with van der Waals surface area (Å²) in [5.74, 6) is 1.22. The van der Waals surface area contributed by atoms with Crippen LogP contribution in [0.2, 0.25) is 0 Å². The van der Waals surface area contributed by atoms with Crippen LogP contribution in [-0.2, 0) is 9.53 Å². The molecule has 8 aromatic rings. The number of benzene rings is 7. The van der Waals surface area contributed by atoms with Gasteiger partial charge in [-0.15, -0.1) is 0 Å². The molecule has 6 nitrogen and oxygen atoms in total. The Morgan fingerprint density at radius 3 is 1.62 bits per heavy atom. The van der Waals surface area contributed by atoms with Crippen LogP contribution < -0.4 is 9.57 Å². The molecule has 10 rings (SSSR count). The van der Waals surface area contributed by atoms with Gasteiger partial charge in [-0.05, 0) is 87.5 Å². The van der Waals surface area contributed by atoms with Crippen molar-refractivity contribution >= 4 is 63.3 Å². The van der Waals surface area contributed by atoms with Gasteiger partial charge in [-0.3, -0.25) is 4.79 Å². The molecule has 2 aliphatic heterocycles. The Morgan fingerprint density at radius 1 is 0.621 bits per heavy atom. The lowest BCUT2D eigenvalue weighted by Gasteiger charge is -2.50. The molecule has 2 atom stereocenters. The van der Waals surface area contributed by atoms with E-state index in [4.69, 9.17) is 13.1 Å². The van der Waals surface area contributed by atoms with E-state index in [1.165, 1.54) is 23.6 Å². The fraction of sp³-hybridized carbons (Fsp3) is 0.235. The van der Waals surface area contributed by atoms with E-state index >= 15 is 0 Å². The number of carbonyl (C=O) groups excluding carboxylic acids is 1. The minimum atomic E-state index is -1.60. The van der Waals surface area contributed by atoms with E-state index in [1.54, 1.807) is 0 Å². The van der Waals surface area contributed by atoms with Crippen molar-refractivity contribution in [1.82, 2.24) is 0 Å². The maximum atomic E-state index is 12.0. The summed E-state index contributed by atoms with van der Waals surface area (Å²) >= 11 is 0. The molecule has 0 spiro atoms. The standard InChI is InChI=1S/C51H47N2O4P/c1-55-47(54)28-16-15-25-42-39-31-52(41-23-9-4-10-24-41)32-40(42)34-53(33-39)58-56-50-45(35-17-5-2-6-18-35)29-37-21-11-13-26-43(37)48(50)49-44-27-14-12-22-38(44)30-46(51(49)57-58)36-19-7-3-8-20-36/h2-14,17-24,26-27,29-30,39-40,42H,15-16,25,28,31-34H2,1H3. The summed E-state index contributed by atoms with van der Waals surface area (Å²) < 4.78 is 22.6. The molecule has 1 aromatic heterocycles. The second-order valence-corrected chi connectivity index (χ2v) is 17.4. The summed E-state index contributed by atoms with van der Waals surface area (Å²) in [5.41, 5.74) is 7.42. The van der Waals surface area contributed by atoms with Crippen molar-refractivity contribution in [3.05, 3.63) is 152 Å². The molecule has 2 bridgehead atoms. The fourth-order valence-electron chi connectivity index (χ4n) is 9.80. The number of fused-ring (bicyclic) bond motifs is 9. The normalized spacial score (nSPS) is 18.2. The highest BCUT2D eigenvalue weighted by Crippen LogP contribution is 2.50. The molecule has 2 saturated heterocycles. The predicted octanol–water partition coefficient (Wildman–Crippen LogP) is 13.0. The Hall–Kier alpha value is -5.81. The second-order valence-electron chi connectivity index (χ2n) is 16.0. The van der Waals surface area contributed by atoms with Crippen LogP contribution >= 0.6 is 8.16 Å². The molecule has 290 valence electrons. The van der Waals surface area contributed by atoms with E-state index < -0.39 is 8.16 Å². The zero-order valence-electron chi connectivity index (χ0n) is 32.8. The van der Waals surface area contributed by atoms with Gasteiger partial charge in [0.2, 0.25) is 0 Å². The molecule has 7 aromatic carbocycles. The van der Waals surface area contributed by atoms with E-state index in [1.807, 2.05) is 0 Å². The van der Waals surface area contributed by atoms with Crippen molar-refractivity contribution < 1.29 is 17.9 Å². The van der Waals surface area contributed by atoms with Crippen LogP contribution in [-0.4, -0.2) is 39.3 Å². The number of esters is 1. The van der Waals surface area contributed by atoms with Crippen LogP contribution in [0.1, 0.15) is 25.7 Å². The first kappa shape index (κ1) is 36.5. The van der Waals surface area contributed by atoms with E-state index in [9.17, 15) is 4.79 Å². The van der Waals surface area contributed by atoms with Gasteiger partial charge in [0.25, 0.3) is 0 Å². The van der Waals surface area contributed by atoms with Crippen LogP contribution in [0, 0.1) is 17.8 Å². The number of hydrogen-bond acceptors (Lipinski definition) is 6. The quantitative estimate of drug-likeness (QED) is 0.107. The number of para-hydroxylation sites is 1. The molecule has 2 unspecified atom stereocenters. The molecular formula is C51H47N2O4P. The number of hydrogen-bond donors (Lipinski definition) is 0. The van der Waals surface area contributed by atoms with E-state index in [0.717, 1.165) is 100 Å². The third-order valence-corrected chi connectivity index (χ3v) is 14.0. The molecular weight excluding hydrogens is 736 g/mol. The van der Waals surface area contributed by atoms with Crippen LogP contribution in [0.5, 0.6) is 0 Å². The Balaban J connectivity index is 1.20. The molecule has 2 fully saturated rings. The van der Waals surface area contributed by atoms with Gasteiger partial charge in [-0.25, -0.2) is 4.67 Å². The third-order valence-electron chi connectivity index (χ3n) is 12.5.